The lowest BCUT2D eigenvalue weighted by Crippen LogP contribution is -2.13. The molecular weight excluding hydrogens is 493 g/mol. The SMILES string of the molecule is COc1ccc2c(Oc3ccc(Br)cc3)c(C(=O)c3ccccc3C(F)(F)F)sc2c1. The summed E-state index contributed by atoms with van der Waals surface area (Å²) in [5, 5.41) is 0.613. The van der Waals surface area contributed by atoms with Crippen LogP contribution in [0.25, 0.3) is 10.1 Å². The molecule has 1 heterocycles. The van der Waals surface area contributed by atoms with Crippen molar-refractivity contribution in [2.24, 2.45) is 0 Å². The van der Waals surface area contributed by atoms with Crippen LogP contribution in [0.5, 0.6) is 17.2 Å². The fourth-order valence-corrected chi connectivity index (χ4v) is 4.48. The van der Waals surface area contributed by atoms with Crippen LogP contribution >= 0.6 is 27.3 Å². The van der Waals surface area contributed by atoms with Crippen molar-refractivity contribution in [3.63, 3.8) is 0 Å². The molecule has 0 aliphatic heterocycles. The Balaban J connectivity index is 1.89. The summed E-state index contributed by atoms with van der Waals surface area (Å²) in [7, 11) is 1.51. The molecule has 158 valence electrons. The number of fused-ring (bicyclic) bond motifs is 1. The Morgan fingerprint density at radius 3 is 2.32 bits per heavy atom. The van der Waals surface area contributed by atoms with Crippen molar-refractivity contribution >= 4 is 43.1 Å². The van der Waals surface area contributed by atoms with E-state index >= 15 is 0 Å². The number of hydrogen-bond acceptors (Lipinski definition) is 4. The molecule has 4 rings (SSSR count). The van der Waals surface area contributed by atoms with Gasteiger partial charge in [-0.3, -0.25) is 4.79 Å². The van der Waals surface area contributed by atoms with Gasteiger partial charge in [-0.2, -0.15) is 13.2 Å². The minimum atomic E-state index is -4.65. The number of ketones is 1. The molecule has 3 aromatic carbocycles. The van der Waals surface area contributed by atoms with E-state index in [1.54, 1.807) is 42.5 Å². The molecule has 1 aromatic heterocycles. The number of carbonyl (C=O) groups is 1. The van der Waals surface area contributed by atoms with E-state index in [1.165, 1.54) is 25.3 Å². The van der Waals surface area contributed by atoms with Gasteiger partial charge in [-0.15, -0.1) is 11.3 Å². The zero-order valence-electron chi connectivity index (χ0n) is 16.0. The molecule has 0 atom stereocenters. The number of benzene rings is 3. The van der Waals surface area contributed by atoms with Gasteiger partial charge >= 0.3 is 6.18 Å². The van der Waals surface area contributed by atoms with E-state index in [0.29, 0.717) is 21.6 Å². The van der Waals surface area contributed by atoms with Crippen LogP contribution in [0.15, 0.2) is 71.2 Å². The van der Waals surface area contributed by atoms with Crippen molar-refractivity contribution in [1.82, 2.24) is 0 Å². The quantitative estimate of drug-likeness (QED) is 0.260. The monoisotopic (exact) mass is 506 g/mol. The molecule has 0 radical (unpaired) electrons. The fourth-order valence-electron chi connectivity index (χ4n) is 3.10. The lowest BCUT2D eigenvalue weighted by molar-refractivity contribution is -0.137. The number of alkyl halides is 3. The number of thiophene rings is 1. The first-order valence-electron chi connectivity index (χ1n) is 9.03. The number of methoxy groups -OCH3 is 1. The zero-order valence-corrected chi connectivity index (χ0v) is 18.4. The highest BCUT2D eigenvalue weighted by Crippen LogP contribution is 2.44. The van der Waals surface area contributed by atoms with Crippen LogP contribution in [0.3, 0.4) is 0 Å². The third-order valence-corrected chi connectivity index (χ3v) is 6.23. The van der Waals surface area contributed by atoms with Crippen molar-refractivity contribution in [3.05, 3.63) is 87.2 Å². The Morgan fingerprint density at radius 1 is 0.968 bits per heavy atom. The van der Waals surface area contributed by atoms with Gasteiger partial charge in [0.05, 0.1) is 12.7 Å². The molecule has 0 unspecified atom stereocenters. The molecule has 0 fully saturated rings. The van der Waals surface area contributed by atoms with Crippen molar-refractivity contribution in [1.29, 1.82) is 0 Å². The first-order chi connectivity index (χ1) is 14.8. The second kappa shape index (κ2) is 8.36. The van der Waals surface area contributed by atoms with E-state index < -0.39 is 23.1 Å². The van der Waals surface area contributed by atoms with E-state index in [2.05, 4.69) is 15.9 Å². The Labute approximate surface area is 188 Å². The summed E-state index contributed by atoms with van der Waals surface area (Å²) in [6, 6.07) is 16.9. The average molecular weight is 507 g/mol. The number of ether oxygens (including phenoxy) is 2. The molecule has 0 saturated carbocycles. The number of carbonyl (C=O) groups excluding carboxylic acids is 1. The zero-order chi connectivity index (χ0) is 22.2. The first kappa shape index (κ1) is 21.4. The average Bonchev–Trinajstić information content (AvgIpc) is 3.11. The minimum Gasteiger partial charge on any atom is -0.497 e. The molecule has 0 aliphatic carbocycles. The normalized spacial score (nSPS) is 11.5. The van der Waals surface area contributed by atoms with E-state index in [9.17, 15) is 18.0 Å². The Bertz CT molecular complexity index is 1260. The molecule has 8 heteroatoms. The molecule has 0 aliphatic rings. The lowest BCUT2D eigenvalue weighted by atomic mass is 10.0. The van der Waals surface area contributed by atoms with Crippen molar-refractivity contribution < 1.29 is 27.4 Å². The maximum Gasteiger partial charge on any atom is 0.417 e. The van der Waals surface area contributed by atoms with Crippen LogP contribution in [0.4, 0.5) is 13.2 Å². The Kier molecular flexibility index (Phi) is 5.77. The van der Waals surface area contributed by atoms with Gasteiger partial charge in [0.25, 0.3) is 0 Å². The maximum absolute atomic E-state index is 13.5. The highest BCUT2D eigenvalue weighted by atomic mass is 79.9. The van der Waals surface area contributed by atoms with Gasteiger partial charge in [-0.25, -0.2) is 0 Å². The topological polar surface area (TPSA) is 35.5 Å². The van der Waals surface area contributed by atoms with E-state index in [4.69, 9.17) is 9.47 Å². The van der Waals surface area contributed by atoms with E-state index in [0.717, 1.165) is 21.9 Å². The Morgan fingerprint density at radius 2 is 1.65 bits per heavy atom. The molecule has 0 saturated heterocycles. The van der Waals surface area contributed by atoms with Gasteiger partial charge in [0.1, 0.15) is 16.4 Å². The lowest BCUT2D eigenvalue weighted by Gasteiger charge is -2.12. The summed E-state index contributed by atoms with van der Waals surface area (Å²) in [4.78, 5) is 13.4. The third-order valence-electron chi connectivity index (χ3n) is 4.57. The van der Waals surface area contributed by atoms with Crippen LogP contribution < -0.4 is 9.47 Å². The highest BCUT2D eigenvalue weighted by molar-refractivity contribution is 9.10. The van der Waals surface area contributed by atoms with Crippen LogP contribution in [0, 0.1) is 0 Å². The second-order valence-corrected chi connectivity index (χ2v) is 8.52. The standard InChI is InChI=1S/C23H14BrF3O3S/c1-29-15-10-11-17-19(12-15)31-22(21(17)30-14-8-6-13(24)7-9-14)20(28)16-4-2-3-5-18(16)23(25,26)27/h2-12H,1H3. The predicted octanol–water partition coefficient (Wildman–Crippen LogP) is 7.71. The molecule has 3 nitrogen and oxygen atoms in total. The highest BCUT2D eigenvalue weighted by Gasteiger charge is 2.36. The van der Waals surface area contributed by atoms with Crippen molar-refractivity contribution in [3.8, 4) is 17.2 Å². The molecule has 0 spiro atoms. The van der Waals surface area contributed by atoms with Crippen molar-refractivity contribution in [2.45, 2.75) is 6.18 Å². The molecule has 0 N–H and O–H groups in total. The number of rotatable bonds is 5. The van der Waals surface area contributed by atoms with Gasteiger partial charge in [0.2, 0.25) is 5.78 Å². The van der Waals surface area contributed by atoms with Crippen molar-refractivity contribution in [2.75, 3.05) is 7.11 Å². The van der Waals surface area contributed by atoms with Crippen LogP contribution in [0.2, 0.25) is 0 Å². The van der Waals surface area contributed by atoms with E-state index in [1.807, 2.05) is 0 Å². The largest absolute Gasteiger partial charge is 0.497 e. The van der Waals surface area contributed by atoms with Gasteiger partial charge in [0, 0.05) is 20.1 Å². The van der Waals surface area contributed by atoms with Crippen LogP contribution in [-0.2, 0) is 6.18 Å². The van der Waals surface area contributed by atoms with Crippen LogP contribution in [0.1, 0.15) is 20.8 Å². The first-order valence-corrected chi connectivity index (χ1v) is 10.6. The van der Waals surface area contributed by atoms with Gasteiger partial charge in [-0.05, 0) is 48.5 Å². The second-order valence-electron chi connectivity index (χ2n) is 6.55. The third kappa shape index (κ3) is 4.31. The number of hydrogen-bond donors (Lipinski definition) is 0. The number of halogens is 4. The molecule has 31 heavy (non-hydrogen) atoms. The molecule has 0 amide bonds. The van der Waals surface area contributed by atoms with E-state index in [-0.39, 0.29) is 10.6 Å². The predicted molar refractivity (Wildman–Crippen MR) is 117 cm³/mol. The summed E-state index contributed by atoms with van der Waals surface area (Å²) in [5.74, 6) is 0.489. The summed E-state index contributed by atoms with van der Waals surface area (Å²) in [6.45, 7) is 0. The molecular formula is C23H14BrF3O3S. The molecule has 0 bridgehead atoms. The summed E-state index contributed by atoms with van der Waals surface area (Å²) >= 11 is 4.41. The summed E-state index contributed by atoms with van der Waals surface area (Å²) in [5.41, 5.74) is -1.40. The summed E-state index contributed by atoms with van der Waals surface area (Å²) in [6.07, 6.45) is -4.65. The van der Waals surface area contributed by atoms with Crippen LogP contribution in [-0.4, -0.2) is 12.9 Å². The smallest absolute Gasteiger partial charge is 0.417 e. The molecule has 4 aromatic rings. The maximum atomic E-state index is 13.5. The van der Waals surface area contributed by atoms with Gasteiger partial charge in [0.15, 0.2) is 5.75 Å². The fraction of sp³-hybridized carbons (Fsp3) is 0.0870. The van der Waals surface area contributed by atoms with Gasteiger partial charge < -0.3 is 9.47 Å². The summed E-state index contributed by atoms with van der Waals surface area (Å²) < 4.78 is 53.3. The van der Waals surface area contributed by atoms with Gasteiger partial charge in [-0.1, -0.05) is 34.1 Å². The minimum absolute atomic E-state index is 0.0860. The Hall–Kier alpha value is -2.84.